The van der Waals surface area contributed by atoms with Crippen molar-refractivity contribution in [2.24, 2.45) is 0 Å². The van der Waals surface area contributed by atoms with E-state index in [9.17, 15) is 10.1 Å². The number of piperazine rings is 1. The van der Waals surface area contributed by atoms with E-state index >= 15 is 0 Å². The summed E-state index contributed by atoms with van der Waals surface area (Å²) >= 11 is 0. The van der Waals surface area contributed by atoms with E-state index in [1.165, 1.54) is 19.3 Å². The summed E-state index contributed by atoms with van der Waals surface area (Å²) < 4.78 is 2.26. The summed E-state index contributed by atoms with van der Waals surface area (Å²) in [5.41, 5.74) is 2.99. The number of aryl methyl sites for hydroxylation is 2. The van der Waals surface area contributed by atoms with Crippen molar-refractivity contribution in [1.29, 1.82) is 0 Å². The molecule has 0 N–H and O–H groups in total. The maximum Gasteiger partial charge on any atom is 0.269 e. The number of benzene rings is 1. The van der Waals surface area contributed by atoms with Crippen LogP contribution in [0.4, 0.5) is 17.2 Å². The van der Waals surface area contributed by atoms with Gasteiger partial charge in [0.1, 0.15) is 12.2 Å². The predicted molar refractivity (Wildman–Crippen MR) is 110 cm³/mol. The van der Waals surface area contributed by atoms with Crippen LogP contribution in [0.25, 0.3) is 11.2 Å². The van der Waals surface area contributed by atoms with Crippen LogP contribution in [0.5, 0.6) is 0 Å². The molecule has 2 aliphatic heterocycles. The molecule has 29 heavy (non-hydrogen) atoms. The first-order chi connectivity index (χ1) is 14.2. The maximum atomic E-state index is 10.9. The first kappa shape index (κ1) is 17.8. The molecular weight excluding hydrogens is 370 g/mol. The van der Waals surface area contributed by atoms with Gasteiger partial charge in [-0.3, -0.25) is 10.1 Å². The molecule has 2 aliphatic rings. The minimum atomic E-state index is -0.367. The zero-order chi connectivity index (χ0) is 19.8. The molecule has 0 spiro atoms. The normalized spacial score (nSPS) is 17.2. The Labute approximate surface area is 168 Å². The summed E-state index contributed by atoms with van der Waals surface area (Å²) in [4.78, 5) is 29.0. The number of non-ortho nitro benzene ring substituents is 1. The molecule has 9 nitrogen and oxygen atoms in total. The Bertz CT molecular complexity index is 1040. The number of aromatic nitrogens is 4. The van der Waals surface area contributed by atoms with Gasteiger partial charge in [-0.2, -0.15) is 0 Å². The number of rotatable bonds is 3. The fourth-order valence-electron chi connectivity index (χ4n) is 4.32. The van der Waals surface area contributed by atoms with E-state index < -0.39 is 0 Å². The topological polar surface area (TPSA) is 93.2 Å². The van der Waals surface area contributed by atoms with E-state index in [0.717, 1.165) is 67.6 Å². The van der Waals surface area contributed by atoms with Crippen molar-refractivity contribution in [3.63, 3.8) is 0 Å². The smallest absolute Gasteiger partial charge is 0.269 e. The molecule has 0 bridgehead atoms. The Morgan fingerprint density at radius 1 is 0.897 bits per heavy atom. The van der Waals surface area contributed by atoms with Crippen LogP contribution in [-0.2, 0) is 13.0 Å². The monoisotopic (exact) mass is 393 g/mol. The van der Waals surface area contributed by atoms with E-state index in [1.807, 2.05) is 12.1 Å². The largest absolute Gasteiger partial charge is 0.368 e. The minimum absolute atomic E-state index is 0.121. The molecule has 5 rings (SSSR count). The van der Waals surface area contributed by atoms with Gasteiger partial charge in [-0.25, -0.2) is 15.0 Å². The number of nitrogens with zero attached hydrogens (tertiary/aromatic N) is 7. The SMILES string of the molecule is O=[N+]([O-])c1ccc(N2CCN(c3ncnc4c3nc3n4CCCCC3)CC2)cc1. The predicted octanol–water partition coefficient (Wildman–Crippen LogP) is 2.79. The highest BCUT2D eigenvalue weighted by atomic mass is 16.6. The molecule has 0 amide bonds. The summed E-state index contributed by atoms with van der Waals surface area (Å²) in [6.07, 6.45) is 6.25. The Hall–Kier alpha value is -3.23. The number of nitro groups is 1. The molecule has 0 radical (unpaired) electrons. The fourth-order valence-corrected chi connectivity index (χ4v) is 4.32. The third-order valence-corrected chi connectivity index (χ3v) is 5.88. The van der Waals surface area contributed by atoms with Crippen LogP contribution in [0.1, 0.15) is 25.1 Å². The zero-order valence-electron chi connectivity index (χ0n) is 16.2. The quantitative estimate of drug-likeness (QED) is 0.499. The average molecular weight is 393 g/mol. The average Bonchev–Trinajstić information content (AvgIpc) is 2.95. The third kappa shape index (κ3) is 3.26. The molecule has 1 fully saturated rings. The number of anilines is 2. The highest BCUT2D eigenvalue weighted by Gasteiger charge is 2.24. The lowest BCUT2D eigenvalue weighted by atomic mass is 10.2. The first-order valence-corrected chi connectivity index (χ1v) is 10.2. The molecule has 1 aromatic carbocycles. The molecule has 0 atom stereocenters. The van der Waals surface area contributed by atoms with Crippen LogP contribution in [0.2, 0.25) is 0 Å². The molecule has 4 heterocycles. The molecule has 0 unspecified atom stereocenters. The van der Waals surface area contributed by atoms with Gasteiger partial charge in [-0.1, -0.05) is 6.42 Å². The van der Waals surface area contributed by atoms with Gasteiger partial charge >= 0.3 is 0 Å². The Morgan fingerprint density at radius 2 is 1.66 bits per heavy atom. The van der Waals surface area contributed by atoms with Gasteiger partial charge in [0.2, 0.25) is 0 Å². The molecule has 150 valence electrons. The number of nitro benzene ring substituents is 1. The van der Waals surface area contributed by atoms with Crippen molar-refractivity contribution in [2.75, 3.05) is 36.0 Å². The van der Waals surface area contributed by atoms with Gasteiger partial charge in [0.25, 0.3) is 5.69 Å². The standard InChI is InChI=1S/C20H23N7O2/c28-27(29)16-7-5-15(6-8-16)24-10-12-25(13-11-24)19-18-20(22-14-21-19)26-9-3-1-2-4-17(26)23-18/h5-8,14H,1-4,9-13H2. The molecule has 0 aliphatic carbocycles. The Balaban J connectivity index is 1.35. The second kappa shape index (κ2) is 7.31. The van der Waals surface area contributed by atoms with Crippen molar-refractivity contribution < 1.29 is 4.92 Å². The van der Waals surface area contributed by atoms with Crippen molar-refractivity contribution in [3.05, 3.63) is 46.5 Å². The van der Waals surface area contributed by atoms with E-state index in [-0.39, 0.29) is 10.6 Å². The summed E-state index contributed by atoms with van der Waals surface area (Å²) in [6.45, 7) is 4.29. The molecular formula is C20H23N7O2. The van der Waals surface area contributed by atoms with E-state index in [2.05, 4.69) is 24.3 Å². The van der Waals surface area contributed by atoms with Crippen LogP contribution >= 0.6 is 0 Å². The van der Waals surface area contributed by atoms with Gasteiger partial charge < -0.3 is 14.4 Å². The maximum absolute atomic E-state index is 10.9. The van der Waals surface area contributed by atoms with Crippen molar-refractivity contribution >= 4 is 28.4 Å². The third-order valence-electron chi connectivity index (χ3n) is 5.88. The summed E-state index contributed by atoms with van der Waals surface area (Å²) in [6, 6.07) is 6.77. The van der Waals surface area contributed by atoms with Crippen LogP contribution < -0.4 is 9.80 Å². The summed E-state index contributed by atoms with van der Waals surface area (Å²) in [5.74, 6) is 2.04. The molecule has 3 aromatic rings. The minimum Gasteiger partial charge on any atom is -0.368 e. The van der Waals surface area contributed by atoms with Crippen molar-refractivity contribution in [1.82, 2.24) is 19.5 Å². The molecule has 2 aromatic heterocycles. The fraction of sp³-hybridized carbons (Fsp3) is 0.450. The summed E-state index contributed by atoms with van der Waals surface area (Å²) in [7, 11) is 0. The number of imidazole rings is 1. The van der Waals surface area contributed by atoms with Gasteiger partial charge in [0, 0.05) is 57.0 Å². The van der Waals surface area contributed by atoms with Crippen LogP contribution in [0, 0.1) is 10.1 Å². The van der Waals surface area contributed by atoms with Crippen LogP contribution in [0.3, 0.4) is 0 Å². The van der Waals surface area contributed by atoms with E-state index in [4.69, 9.17) is 4.98 Å². The van der Waals surface area contributed by atoms with Gasteiger partial charge in [0.05, 0.1) is 4.92 Å². The summed E-state index contributed by atoms with van der Waals surface area (Å²) in [5, 5.41) is 10.9. The van der Waals surface area contributed by atoms with Crippen LogP contribution in [-0.4, -0.2) is 50.6 Å². The first-order valence-electron chi connectivity index (χ1n) is 10.2. The second-order valence-corrected chi connectivity index (χ2v) is 7.61. The van der Waals surface area contributed by atoms with Gasteiger partial charge in [0.15, 0.2) is 17.0 Å². The zero-order valence-corrected chi connectivity index (χ0v) is 16.2. The molecule has 9 heteroatoms. The second-order valence-electron chi connectivity index (χ2n) is 7.61. The Morgan fingerprint density at radius 3 is 2.41 bits per heavy atom. The molecule has 0 saturated carbocycles. The van der Waals surface area contributed by atoms with E-state index in [0.29, 0.717) is 0 Å². The number of hydrogen-bond acceptors (Lipinski definition) is 7. The lowest BCUT2D eigenvalue weighted by Crippen LogP contribution is -2.47. The lowest BCUT2D eigenvalue weighted by Gasteiger charge is -2.36. The lowest BCUT2D eigenvalue weighted by molar-refractivity contribution is -0.384. The van der Waals surface area contributed by atoms with Crippen molar-refractivity contribution in [2.45, 2.75) is 32.2 Å². The highest BCUT2D eigenvalue weighted by Crippen LogP contribution is 2.28. The Kier molecular flexibility index (Phi) is 4.49. The number of fused-ring (bicyclic) bond motifs is 3. The number of hydrogen-bond donors (Lipinski definition) is 0. The van der Waals surface area contributed by atoms with Crippen molar-refractivity contribution in [3.8, 4) is 0 Å². The van der Waals surface area contributed by atoms with Gasteiger partial charge in [-0.05, 0) is 25.0 Å². The van der Waals surface area contributed by atoms with E-state index in [1.54, 1.807) is 18.5 Å². The van der Waals surface area contributed by atoms with Crippen LogP contribution in [0.15, 0.2) is 30.6 Å². The highest BCUT2D eigenvalue weighted by molar-refractivity contribution is 5.84. The van der Waals surface area contributed by atoms with Gasteiger partial charge in [-0.15, -0.1) is 0 Å². The molecule has 1 saturated heterocycles.